The summed E-state index contributed by atoms with van der Waals surface area (Å²) in [6.45, 7) is 0. The largest absolute Gasteiger partial charge is 2.00 e. The van der Waals surface area contributed by atoms with Crippen LogP contribution in [0.3, 0.4) is 0 Å². The molecule has 0 fully saturated rings. The molecular formula is C39H21N5OPtS. The second kappa shape index (κ2) is 10.9. The smallest absolute Gasteiger partial charge is 0.503 e. The van der Waals surface area contributed by atoms with E-state index >= 15 is 0 Å². The van der Waals surface area contributed by atoms with Crippen molar-refractivity contribution in [3.63, 3.8) is 0 Å². The Hall–Kier alpha value is -5.36. The molecule has 5 aromatic carbocycles. The van der Waals surface area contributed by atoms with Gasteiger partial charge in [-0.05, 0) is 53.5 Å². The van der Waals surface area contributed by atoms with E-state index in [1.807, 2.05) is 83.0 Å². The number of hydrogen-bond acceptors (Lipinski definition) is 5. The number of nitrogens with zero attached hydrogens (tertiary/aromatic N) is 5. The number of thiophene rings is 1. The molecule has 0 atom stereocenters. The first-order valence-electron chi connectivity index (χ1n) is 14.9. The van der Waals surface area contributed by atoms with Gasteiger partial charge in [-0.2, -0.15) is 11.2 Å². The molecule has 6 nitrogen and oxygen atoms in total. The maximum Gasteiger partial charge on any atom is 2.00 e. The summed E-state index contributed by atoms with van der Waals surface area (Å²) in [4.78, 5) is 9.69. The van der Waals surface area contributed by atoms with E-state index in [9.17, 15) is 0 Å². The second-order valence-electron chi connectivity index (χ2n) is 11.2. The van der Waals surface area contributed by atoms with Gasteiger partial charge in [0, 0.05) is 49.6 Å². The van der Waals surface area contributed by atoms with Crippen molar-refractivity contribution in [3.05, 3.63) is 140 Å². The first-order valence-corrected chi connectivity index (χ1v) is 15.8. The van der Waals surface area contributed by atoms with Crippen LogP contribution < -0.4 is 4.74 Å². The summed E-state index contributed by atoms with van der Waals surface area (Å²) in [7, 11) is 0. The van der Waals surface area contributed by atoms with Crippen LogP contribution in [0, 0.1) is 12.1 Å². The Balaban J connectivity index is 0.00000302. The average molecular weight is 803 g/mol. The Morgan fingerprint density at radius 1 is 0.660 bits per heavy atom. The number of ether oxygens (including phenoxy) is 1. The molecule has 5 aromatic heterocycles. The Morgan fingerprint density at radius 2 is 1.51 bits per heavy atom. The van der Waals surface area contributed by atoms with Crippen LogP contribution >= 0.6 is 11.3 Å². The average Bonchev–Trinajstić information content (AvgIpc) is 3.84. The van der Waals surface area contributed by atoms with E-state index in [0.29, 0.717) is 11.5 Å². The Bertz CT molecular complexity index is 2820. The second-order valence-corrected chi connectivity index (χ2v) is 12.3. The minimum Gasteiger partial charge on any atom is -0.503 e. The number of benzene rings is 5. The zero-order chi connectivity index (χ0) is 30.2. The number of rotatable bonds is 4. The van der Waals surface area contributed by atoms with Gasteiger partial charge in [-0.15, -0.1) is 41.7 Å². The molecule has 0 bridgehead atoms. The maximum absolute atomic E-state index is 6.35. The molecule has 5 heterocycles. The van der Waals surface area contributed by atoms with Gasteiger partial charge < -0.3 is 9.14 Å². The number of hydrogen-bond donors (Lipinski definition) is 0. The van der Waals surface area contributed by atoms with Crippen molar-refractivity contribution in [2.75, 3.05) is 0 Å². The van der Waals surface area contributed by atoms with Crippen molar-refractivity contribution in [3.8, 4) is 28.4 Å². The molecule has 0 aliphatic carbocycles. The molecule has 0 saturated heterocycles. The molecule has 8 heteroatoms. The van der Waals surface area contributed by atoms with Gasteiger partial charge >= 0.3 is 21.1 Å². The predicted octanol–water partition coefficient (Wildman–Crippen LogP) is 9.80. The minimum atomic E-state index is 0. The van der Waals surface area contributed by atoms with Crippen molar-refractivity contribution < 1.29 is 25.8 Å². The van der Waals surface area contributed by atoms with Crippen LogP contribution in [0.4, 0.5) is 0 Å². The number of aromatic nitrogens is 5. The van der Waals surface area contributed by atoms with Crippen LogP contribution in [-0.4, -0.2) is 24.1 Å². The van der Waals surface area contributed by atoms with Crippen LogP contribution in [0.5, 0.6) is 11.5 Å². The molecule has 0 saturated carbocycles. The zero-order valence-corrected chi connectivity index (χ0v) is 27.6. The van der Waals surface area contributed by atoms with Gasteiger partial charge in [0.2, 0.25) is 0 Å². The van der Waals surface area contributed by atoms with Crippen LogP contribution in [-0.2, 0) is 21.1 Å². The fourth-order valence-electron chi connectivity index (χ4n) is 6.37. The van der Waals surface area contributed by atoms with Crippen molar-refractivity contribution in [2.24, 2.45) is 0 Å². The minimum absolute atomic E-state index is 0. The fourth-order valence-corrected chi connectivity index (χ4v) is 7.46. The van der Waals surface area contributed by atoms with Gasteiger partial charge in [0.25, 0.3) is 0 Å². The summed E-state index contributed by atoms with van der Waals surface area (Å²) in [6.07, 6.45) is 3.78. The Morgan fingerprint density at radius 3 is 2.49 bits per heavy atom. The number of fused-ring (bicyclic) bond motifs is 11. The Kier molecular flexibility index (Phi) is 6.46. The van der Waals surface area contributed by atoms with E-state index in [1.54, 1.807) is 0 Å². The topological polar surface area (TPSA) is 57.2 Å². The van der Waals surface area contributed by atoms with Crippen LogP contribution in [0.25, 0.3) is 75.6 Å². The first kappa shape index (κ1) is 27.9. The molecule has 10 rings (SSSR count). The molecule has 0 amide bonds. The summed E-state index contributed by atoms with van der Waals surface area (Å²) >= 11 is 1.82. The number of pyridine rings is 2. The van der Waals surface area contributed by atoms with E-state index < -0.39 is 0 Å². The van der Waals surface area contributed by atoms with Crippen LogP contribution in [0.15, 0.2) is 128 Å². The monoisotopic (exact) mass is 802 g/mol. The van der Waals surface area contributed by atoms with Gasteiger partial charge in [0.05, 0.1) is 22.4 Å². The number of imidazole rings is 1. The standard InChI is InChI=1S/C39H21N5OS.Pt/c1-4-13-36-29(9-1)31-21-24(14-17-37(31)46-36)33-18-20-43(42-33)25-7-5-8-26(22-25)45-27-15-16-28-30-10-6-19-40-38(30)44-35-12-3-2-11-34(35)41-39(44)32(28)23-27;/h1-21H;/q-2;+2. The summed E-state index contributed by atoms with van der Waals surface area (Å²) < 4.78 is 12.9. The van der Waals surface area contributed by atoms with Gasteiger partial charge in [-0.3, -0.25) is 9.67 Å². The molecule has 0 N–H and O–H groups in total. The van der Waals surface area contributed by atoms with E-state index in [0.717, 1.165) is 55.4 Å². The third kappa shape index (κ3) is 4.46. The normalized spacial score (nSPS) is 11.7. The van der Waals surface area contributed by atoms with E-state index in [4.69, 9.17) is 19.8 Å². The van der Waals surface area contributed by atoms with Crippen molar-refractivity contribution >= 4 is 70.0 Å². The van der Waals surface area contributed by atoms with E-state index in [-0.39, 0.29) is 21.1 Å². The molecule has 0 radical (unpaired) electrons. The molecule has 0 aliphatic rings. The molecule has 0 aliphatic heterocycles. The van der Waals surface area contributed by atoms with Gasteiger partial charge in [-0.1, -0.05) is 59.3 Å². The van der Waals surface area contributed by atoms with Crippen LogP contribution in [0.2, 0.25) is 0 Å². The van der Waals surface area contributed by atoms with Gasteiger partial charge in [0.15, 0.2) is 0 Å². The molecular weight excluding hydrogens is 782 g/mol. The summed E-state index contributed by atoms with van der Waals surface area (Å²) in [6, 6.07) is 46.0. The third-order valence-corrected chi connectivity index (χ3v) is 9.63. The van der Waals surface area contributed by atoms with Crippen molar-refractivity contribution in [1.82, 2.24) is 24.1 Å². The first-order chi connectivity index (χ1) is 22.8. The molecule has 47 heavy (non-hydrogen) atoms. The molecule has 10 aromatic rings. The predicted molar refractivity (Wildman–Crippen MR) is 185 cm³/mol. The van der Waals surface area contributed by atoms with Crippen molar-refractivity contribution in [2.45, 2.75) is 0 Å². The summed E-state index contributed by atoms with van der Waals surface area (Å²) in [5, 5.41) is 10.4. The van der Waals surface area contributed by atoms with Crippen molar-refractivity contribution in [1.29, 1.82) is 0 Å². The Labute approximate surface area is 286 Å². The maximum atomic E-state index is 6.35. The molecule has 0 spiro atoms. The summed E-state index contributed by atoms with van der Waals surface area (Å²) in [5.74, 6) is 1.15. The third-order valence-electron chi connectivity index (χ3n) is 8.47. The van der Waals surface area contributed by atoms with Crippen LogP contribution in [0.1, 0.15) is 0 Å². The molecule has 0 unspecified atom stereocenters. The molecule has 224 valence electrons. The number of para-hydroxylation sites is 2. The van der Waals surface area contributed by atoms with Gasteiger partial charge in [-0.25, -0.2) is 4.98 Å². The zero-order valence-electron chi connectivity index (χ0n) is 24.5. The van der Waals surface area contributed by atoms with E-state index in [1.165, 1.54) is 20.2 Å². The van der Waals surface area contributed by atoms with Gasteiger partial charge in [0.1, 0.15) is 5.65 Å². The summed E-state index contributed by atoms with van der Waals surface area (Å²) in [5.41, 5.74) is 6.33. The van der Waals surface area contributed by atoms with E-state index in [2.05, 4.69) is 77.2 Å². The quantitative estimate of drug-likeness (QED) is 0.131. The fraction of sp³-hybridized carbons (Fsp3) is 0. The SMILES string of the molecule is [Pt+2].[c-]1c(Oc2[c-]c3c(cc2)c2cccnc2n2c4ccccc4nc32)cccc1-n1ccc(-c2ccc3sc4ccccc4c3c2)n1.